The van der Waals surface area contributed by atoms with Crippen LogP contribution >= 0.6 is 0 Å². The summed E-state index contributed by atoms with van der Waals surface area (Å²) in [6.07, 6.45) is 0.322. The van der Waals surface area contributed by atoms with Crippen molar-refractivity contribution in [2.45, 2.75) is 23.5 Å². The lowest BCUT2D eigenvalue weighted by Gasteiger charge is -2.29. The highest BCUT2D eigenvalue weighted by atomic mass is 32.2. The van der Waals surface area contributed by atoms with Crippen molar-refractivity contribution in [1.29, 1.82) is 0 Å². The van der Waals surface area contributed by atoms with Gasteiger partial charge in [0.2, 0.25) is 10.0 Å². The molecule has 1 aliphatic rings. The van der Waals surface area contributed by atoms with Crippen LogP contribution in [0.4, 0.5) is 0 Å². The summed E-state index contributed by atoms with van der Waals surface area (Å²) in [5, 5.41) is 19.6. The highest BCUT2D eigenvalue weighted by molar-refractivity contribution is 7.92. The normalized spacial score (nSPS) is 21.3. The first-order valence-electron chi connectivity index (χ1n) is 8.09. The smallest absolute Gasteiger partial charge is 0.245 e. The fourth-order valence-electron chi connectivity index (χ4n) is 3.12. The number of fused-ring (bicyclic) bond motifs is 1. The Morgan fingerprint density at radius 3 is 2.65 bits per heavy atom. The standard InChI is InChI=1S/C16H20N2O6S2/c19-10-14(20)9-18(13-6-8-25(21,22)11-13)26(23,24)15-5-1-3-12-4-2-7-17-16(12)15/h1-5,7,13-14,19-20H,6,8-11H2/t13-,14+/m0/s1. The van der Waals surface area contributed by atoms with Crippen LogP contribution < -0.4 is 0 Å². The lowest BCUT2D eigenvalue weighted by atomic mass is 10.2. The summed E-state index contributed by atoms with van der Waals surface area (Å²) in [7, 11) is -7.46. The van der Waals surface area contributed by atoms with E-state index < -0.39 is 38.6 Å². The molecule has 1 saturated heterocycles. The minimum absolute atomic E-state index is 0.0509. The Morgan fingerprint density at radius 2 is 2.00 bits per heavy atom. The largest absolute Gasteiger partial charge is 0.394 e. The van der Waals surface area contributed by atoms with E-state index in [1.54, 1.807) is 24.3 Å². The molecule has 1 aromatic carbocycles. The molecule has 2 atom stereocenters. The van der Waals surface area contributed by atoms with Crippen LogP contribution in [0.15, 0.2) is 41.4 Å². The average Bonchev–Trinajstić information content (AvgIpc) is 2.98. The number of rotatable bonds is 6. The van der Waals surface area contributed by atoms with Gasteiger partial charge in [-0.15, -0.1) is 0 Å². The highest BCUT2D eigenvalue weighted by Gasteiger charge is 2.40. The molecule has 26 heavy (non-hydrogen) atoms. The number of aliphatic hydroxyl groups is 2. The molecule has 0 spiro atoms. The van der Waals surface area contributed by atoms with Gasteiger partial charge in [-0.1, -0.05) is 18.2 Å². The fraction of sp³-hybridized carbons (Fsp3) is 0.438. The lowest BCUT2D eigenvalue weighted by Crippen LogP contribution is -2.46. The van der Waals surface area contributed by atoms with Crippen LogP contribution in [0.25, 0.3) is 10.9 Å². The van der Waals surface area contributed by atoms with E-state index >= 15 is 0 Å². The summed E-state index contributed by atoms with van der Waals surface area (Å²) in [5.74, 6) is -0.407. The van der Waals surface area contributed by atoms with E-state index in [0.717, 1.165) is 4.31 Å². The quantitative estimate of drug-likeness (QED) is 0.686. The number of benzene rings is 1. The molecule has 0 radical (unpaired) electrons. The molecule has 1 aromatic heterocycles. The van der Waals surface area contributed by atoms with Crippen LogP contribution in [-0.4, -0.2) is 73.1 Å². The predicted octanol–water partition coefficient (Wildman–Crippen LogP) is -0.234. The molecule has 2 aromatic rings. The lowest BCUT2D eigenvalue weighted by molar-refractivity contribution is 0.0730. The third kappa shape index (κ3) is 3.74. The maximum Gasteiger partial charge on any atom is 0.245 e. The van der Waals surface area contributed by atoms with Crippen LogP contribution in [0, 0.1) is 0 Å². The van der Waals surface area contributed by atoms with Gasteiger partial charge in [-0.05, 0) is 18.6 Å². The Balaban J connectivity index is 2.09. The number of aromatic nitrogens is 1. The number of hydrogen-bond acceptors (Lipinski definition) is 7. The summed E-state index contributed by atoms with van der Waals surface area (Å²) >= 11 is 0. The van der Waals surface area contributed by atoms with Gasteiger partial charge < -0.3 is 10.2 Å². The van der Waals surface area contributed by atoms with Crippen LogP contribution in [0.1, 0.15) is 6.42 Å². The topological polar surface area (TPSA) is 125 Å². The van der Waals surface area contributed by atoms with Gasteiger partial charge in [0.05, 0.1) is 29.7 Å². The van der Waals surface area contributed by atoms with Crippen molar-refractivity contribution in [3.05, 3.63) is 36.5 Å². The highest BCUT2D eigenvalue weighted by Crippen LogP contribution is 2.29. The zero-order valence-corrected chi connectivity index (χ0v) is 15.5. The molecule has 1 fully saturated rings. The Labute approximate surface area is 152 Å². The molecule has 2 heterocycles. The van der Waals surface area contributed by atoms with Crippen LogP contribution in [0.2, 0.25) is 0 Å². The van der Waals surface area contributed by atoms with Gasteiger partial charge in [0.15, 0.2) is 9.84 Å². The second kappa shape index (κ2) is 7.20. The second-order valence-corrected chi connectivity index (χ2v) is 10.4. The van der Waals surface area contributed by atoms with E-state index in [-0.39, 0.29) is 34.9 Å². The van der Waals surface area contributed by atoms with Gasteiger partial charge in [0.25, 0.3) is 0 Å². The molecule has 0 unspecified atom stereocenters. The van der Waals surface area contributed by atoms with Crippen molar-refractivity contribution in [3.8, 4) is 0 Å². The minimum atomic E-state index is -4.13. The Bertz CT molecular complexity index is 1000. The van der Waals surface area contributed by atoms with E-state index in [1.165, 1.54) is 12.3 Å². The first kappa shape index (κ1) is 19.2. The molecular weight excluding hydrogens is 380 g/mol. The monoisotopic (exact) mass is 400 g/mol. The number of pyridine rings is 1. The number of sulfonamides is 1. The zero-order valence-electron chi connectivity index (χ0n) is 13.9. The summed E-state index contributed by atoms with van der Waals surface area (Å²) in [6, 6.07) is 7.36. The summed E-state index contributed by atoms with van der Waals surface area (Å²) in [6.45, 7) is -1.01. The molecule has 2 N–H and O–H groups in total. The van der Waals surface area contributed by atoms with Crippen molar-refractivity contribution in [1.82, 2.24) is 9.29 Å². The summed E-state index contributed by atoms with van der Waals surface area (Å²) < 4.78 is 51.2. The van der Waals surface area contributed by atoms with E-state index in [2.05, 4.69) is 4.98 Å². The zero-order chi connectivity index (χ0) is 18.9. The van der Waals surface area contributed by atoms with E-state index in [4.69, 9.17) is 5.11 Å². The van der Waals surface area contributed by atoms with E-state index in [9.17, 15) is 21.9 Å². The number of hydrogen-bond donors (Lipinski definition) is 2. The van der Waals surface area contributed by atoms with Gasteiger partial charge in [0, 0.05) is 24.2 Å². The molecule has 0 amide bonds. The van der Waals surface area contributed by atoms with Gasteiger partial charge in [0.1, 0.15) is 4.90 Å². The third-order valence-electron chi connectivity index (χ3n) is 4.40. The molecular formula is C16H20N2O6S2. The molecule has 0 aliphatic carbocycles. The molecule has 0 saturated carbocycles. The van der Waals surface area contributed by atoms with Crippen molar-refractivity contribution in [2.24, 2.45) is 0 Å². The molecule has 0 bridgehead atoms. The van der Waals surface area contributed by atoms with Crippen molar-refractivity contribution >= 4 is 30.8 Å². The molecule has 10 heteroatoms. The Kier molecular flexibility index (Phi) is 5.31. The Hall–Kier alpha value is -1.59. The van der Waals surface area contributed by atoms with E-state index in [0.29, 0.717) is 5.39 Å². The van der Waals surface area contributed by atoms with Crippen LogP contribution in [0.5, 0.6) is 0 Å². The summed E-state index contributed by atoms with van der Waals surface area (Å²) in [5.41, 5.74) is 0.277. The third-order valence-corrected chi connectivity index (χ3v) is 8.10. The van der Waals surface area contributed by atoms with Crippen LogP contribution in [0.3, 0.4) is 0 Å². The number of para-hydroxylation sites is 1. The average molecular weight is 400 g/mol. The van der Waals surface area contributed by atoms with E-state index in [1.807, 2.05) is 0 Å². The number of nitrogens with zero attached hydrogens (tertiary/aromatic N) is 2. The predicted molar refractivity (Wildman–Crippen MR) is 95.8 cm³/mol. The number of aliphatic hydroxyl groups excluding tert-OH is 2. The van der Waals surface area contributed by atoms with Crippen LogP contribution in [-0.2, 0) is 19.9 Å². The molecule has 142 valence electrons. The molecule has 8 nitrogen and oxygen atoms in total. The second-order valence-electron chi connectivity index (χ2n) is 6.30. The maximum absolute atomic E-state index is 13.3. The first-order valence-corrected chi connectivity index (χ1v) is 11.4. The minimum Gasteiger partial charge on any atom is -0.394 e. The summed E-state index contributed by atoms with van der Waals surface area (Å²) in [4.78, 5) is 4.10. The Morgan fingerprint density at radius 1 is 1.27 bits per heavy atom. The first-order chi connectivity index (χ1) is 12.2. The fourth-order valence-corrected chi connectivity index (χ4v) is 6.81. The maximum atomic E-state index is 13.3. The van der Waals surface area contributed by atoms with Gasteiger partial charge in [-0.3, -0.25) is 4.98 Å². The van der Waals surface area contributed by atoms with Crippen molar-refractivity contribution in [3.63, 3.8) is 0 Å². The molecule has 1 aliphatic heterocycles. The van der Waals surface area contributed by atoms with Crippen molar-refractivity contribution < 1.29 is 27.0 Å². The van der Waals surface area contributed by atoms with Crippen molar-refractivity contribution in [2.75, 3.05) is 24.7 Å². The molecule has 3 rings (SSSR count). The van der Waals surface area contributed by atoms with Gasteiger partial charge in [-0.2, -0.15) is 4.31 Å². The SMILES string of the molecule is O=S1(=O)CC[C@H](N(C[C@@H](O)CO)S(=O)(=O)c2cccc3cccnc23)C1. The number of sulfone groups is 1. The van der Waals surface area contributed by atoms with Gasteiger partial charge >= 0.3 is 0 Å². The van der Waals surface area contributed by atoms with Gasteiger partial charge in [-0.25, -0.2) is 16.8 Å².